The molecule has 0 amide bonds. The molecule has 0 spiro atoms. The lowest BCUT2D eigenvalue weighted by atomic mass is 10.1. The number of hydrogen-bond acceptors (Lipinski definition) is 6. The van der Waals surface area contributed by atoms with Crippen LogP contribution in [0.15, 0.2) is 22.7 Å². The van der Waals surface area contributed by atoms with Gasteiger partial charge < -0.3 is 14.6 Å². The van der Waals surface area contributed by atoms with Gasteiger partial charge in [0.25, 0.3) is 0 Å². The third kappa shape index (κ3) is 3.39. The molecule has 1 aromatic heterocycles. The second kappa shape index (κ2) is 6.25. The summed E-state index contributed by atoms with van der Waals surface area (Å²) in [4.78, 5) is 15.3. The molecule has 106 valence electrons. The molecule has 2 rings (SSSR count). The zero-order valence-corrected chi connectivity index (χ0v) is 11.1. The summed E-state index contributed by atoms with van der Waals surface area (Å²) in [7, 11) is 1.21. The van der Waals surface area contributed by atoms with Gasteiger partial charge in [0.15, 0.2) is 5.82 Å². The highest BCUT2D eigenvalue weighted by atomic mass is 19.1. The van der Waals surface area contributed by atoms with Crippen LogP contribution in [-0.4, -0.2) is 23.2 Å². The molecule has 7 heteroatoms. The average molecular weight is 279 g/mol. The van der Waals surface area contributed by atoms with Crippen molar-refractivity contribution in [2.75, 3.05) is 7.11 Å². The van der Waals surface area contributed by atoms with Crippen molar-refractivity contribution in [3.05, 3.63) is 46.9 Å². The van der Waals surface area contributed by atoms with Gasteiger partial charge in [-0.05, 0) is 17.7 Å². The monoisotopic (exact) mass is 279 g/mol. The number of nitrogens with zero attached hydrogens (tertiary/aromatic N) is 2. The molecule has 0 aliphatic heterocycles. The summed E-state index contributed by atoms with van der Waals surface area (Å²) in [5.74, 6) is -0.264. The van der Waals surface area contributed by atoms with Gasteiger partial charge in [-0.15, -0.1) is 0 Å². The van der Waals surface area contributed by atoms with Gasteiger partial charge in [-0.1, -0.05) is 11.2 Å². The van der Waals surface area contributed by atoms with E-state index in [9.17, 15) is 9.18 Å². The topological polar surface area (TPSA) is 77.2 Å². The molecular formula is C13H14FN3O3. The minimum Gasteiger partial charge on any atom is -0.465 e. The summed E-state index contributed by atoms with van der Waals surface area (Å²) < 4.78 is 23.0. The zero-order chi connectivity index (χ0) is 14.5. The maximum atomic E-state index is 13.7. The van der Waals surface area contributed by atoms with Crippen LogP contribution in [-0.2, 0) is 17.8 Å². The summed E-state index contributed by atoms with van der Waals surface area (Å²) in [5, 5.41) is 6.78. The van der Waals surface area contributed by atoms with Crippen molar-refractivity contribution in [1.29, 1.82) is 0 Å². The first-order valence-electron chi connectivity index (χ1n) is 5.97. The molecule has 0 aliphatic rings. The number of rotatable bonds is 5. The van der Waals surface area contributed by atoms with Crippen molar-refractivity contribution in [2.24, 2.45) is 0 Å². The van der Waals surface area contributed by atoms with E-state index in [0.717, 1.165) is 0 Å². The van der Waals surface area contributed by atoms with Crippen LogP contribution in [0.3, 0.4) is 0 Å². The van der Waals surface area contributed by atoms with E-state index in [0.29, 0.717) is 30.4 Å². The van der Waals surface area contributed by atoms with Crippen molar-refractivity contribution in [1.82, 2.24) is 15.5 Å². The Bertz CT molecular complexity index is 613. The Morgan fingerprint density at radius 3 is 2.85 bits per heavy atom. The molecule has 0 saturated carbocycles. The third-order valence-electron chi connectivity index (χ3n) is 2.62. The van der Waals surface area contributed by atoms with Crippen molar-refractivity contribution >= 4 is 5.97 Å². The molecule has 20 heavy (non-hydrogen) atoms. The number of carbonyl (C=O) groups is 1. The molecule has 0 atom stereocenters. The quantitative estimate of drug-likeness (QED) is 0.838. The molecule has 0 saturated heterocycles. The normalized spacial score (nSPS) is 10.6. The van der Waals surface area contributed by atoms with Crippen molar-refractivity contribution < 1.29 is 18.4 Å². The fraction of sp³-hybridized carbons (Fsp3) is 0.308. The molecule has 0 bridgehead atoms. The van der Waals surface area contributed by atoms with Crippen LogP contribution in [0, 0.1) is 12.7 Å². The smallest absolute Gasteiger partial charge is 0.340 e. The van der Waals surface area contributed by atoms with Crippen LogP contribution in [0.25, 0.3) is 0 Å². The number of benzene rings is 1. The third-order valence-corrected chi connectivity index (χ3v) is 2.62. The number of hydrogen-bond donors (Lipinski definition) is 1. The summed E-state index contributed by atoms with van der Waals surface area (Å²) in [5.41, 5.74) is 0.625. The first-order chi connectivity index (χ1) is 9.60. The lowest BCUT2D eigenvalue weighted by molar-refractivity contribution is 0.0595. The van der Waals surface area contributed by atoms with E-state index < -0.39 is 11.8 Å². The van der Waals surface area contributed by atoms with E-state index in [2.05, 4.69) is 20.2 Å². The molecule has 0 radical (unpaired) electrons. The Balaban J connectivity index is 1.93. The van der Waals surface area contributed by atoms with Gasteiger partial charge in [-0.25, -0.2) is 9.18 Å². The predicted octanol–water partition coefficient (Wildman–Crippen LogP) is 1.59. The number of aromatic nitrogens is 2. The first kappa shape index (κ1) is 14.1. The van der Waals surface area contributed by atoms with Gasteiger partial charge in [0.1, 0.15) is 5.82 Å². The minimum absolute atomic E-state index is 0.0787. The lowest BCUT2D eigenvalue weighted by Crippen LogP contribution is -2.14. The Morgan fingerprint density at radius 1 is 1.45 bits per heavy atom. The van der Waals surface area contributed by atoms with Crippen LogP contribution in [0.4, 0.5) is 4.39 Å². The fourth-order valence-corrected chi connectivity index (χ4v) is 1.68. The van der Waals surface area contributed by atoms with E-state index in [1.165, 1.54) is 19.2 Å². The molecule has 6 nitrogen and oxygen atoms in total. The molecule has 0 aliphatic carbocycles. The molecular weight excluding hydrogens is 265 g/mol. The van der Waals surface area contributed by atoms with Gasteiger partial charge in [-0.3, -0.25) is 0 Å². The van der Waals surface area contributed by atoms with Crippen molar-refractivity contribution in [3.63, 3.8) is 0 Å². The number of carbonyl (C=O) groups excluding carboxylic acids is 1. The van der Waals surface area contributed by atoms with Gasteiger partial charge in [0, 0.05) is 13.5 Å². The van der Waals surface area contributed by atoms with E-state index in [1.807, 2.05) is 0 Å². The molecule has 2 aromatic rings. The Morgan fingerprint density at radius 2 is 2.25 bits per heavy atom. The highest BCUT2D eigenvalue weighted by Gasteiger charge is 2.12. The number of nitrogens with one attached hydrogen (secondary N) is 1. The molecule has 0 unspecified atom stereocenters. The Hall–Kier alpha value is -2.28. The van der Waals surface area contributed by atoms with Gasteiger partial charge >= 0.3 is 5.97 Å². The highest BCUT2D eigenvalue weighted by molar-refractivity contribution is 5.89. The van der Waals surface area contributed by atoms with E-state index in [-0.39, 0.29) is 5.56 Å². The maximum absolute atomic E-state index is 13.7. The predicted molar refractivity (Wildman–Crippen MR) is 67.3 cm³/mol. The number of halogens is 1. The number of esters is 1. The van der Waals surface area contributed by atoms with E-state index in [1.54, 1.807) is 13.0 Å². The fourth-order valence-electron chi connectivity index (χ4n) is 1.68. The van der Waals surface area contributed by atoms with Crippen LogP contribution in [0.2, 0.25) is 0 Å². The largest absolute Gasteiger partial charge is 0.465 e. The second-order valence-electron chi connectivity index (χ2n) is 4.14. The number of ether oxygens (including phenoxy) is 1. The summed E-state index contributed by atoms with van der Waals surface area (Å²) in [6, 6.07) is 4.35. The summed E-state index contributed by atoms with van der Waals surface area (Å²) >= 11 is 0. The second-order valence-corrected chi connectivity index (χ2v) is 4.14. The maximum Gasteiger partial charge on any atom is 0.340 e. The SMILES string of the molecule is COC(=O)c1ccc(CNCc2noc(C)n2)cc1F. The molecule has 1 N–H and O–H groups in total. The van der Waals surface area contributed by atoms with Gasteiger partial charge in [0.2, 0.25) is 5.89 Å². The van der Waals surface area contributed by atoms with Crippen LogP contribution in [0.1, 0.15) is 27.6 Å². The number of methoxy groups -OCH3 is 1. The van der Waals surface area contributed by atoms with Crippen LogP contribution in [0.5, 0.6) is 0 Å². The molecule has 1 heterocycles. The minimum atomic E-state index is -0.690. The van der Waals surface area contributed by atoms with Crippen molar-refractivity contribution in [3.8, 4) is 0 Å². The highest BCUT2D eigenvalue weighted by Crippen LogP contribution is 2.11. The van der Waals surface area contributed by atoms with Gasteiger partial charge in [0.05, 0.1) is 19.2 Å². The van der Waals surface area contributed by atoms with Crippen LogP contribution >= 0.6 is 0 Å². The van der Waals surface area contributed by atoms with E-state index in [4.69, 9.17) is 4.52 Å². The molecule has 1 aromatic carbocycles. The van der Waals surface area contributed by atoms with Gasteiger partial charge in [-0.2, -0.15) is 4.98 Å². The number of aryl methyl sites for hydroxylation is 1. The first-order valence-corrected chi connectivity index (χ1v) is 5.97. The van der Waals surface area contributed by atoms with Crippen molar-refractivity contribution in [2.45, 2.75) is 20.0 Å². The Kier molecular flexibility index (Phi) is 4.41. The summed E-state index contributed by atoms with van der Waals surface area (Å²) in [6.07, 6.45) is 0. The lowest BCUT2D eigenvalue weighted by Gasteiger charge is -2.05. The standard InChI is InChI=1S/C13H14FN3O3/c1-8-16-12(17-20-8)7-15-6-9-3-4-10(11(14)5-9)13(18)19-2/h3-5,15H,6-7H2,1-2H3. The Labute approximate surface area is 114 Å². The average Bonchev–Trinajstić information content (AvgIpc) is 2.84. The molecule has 0 fully saturated rings. The summed E-state index contributed by atoms with van der Waals surface area (Å²) in [6.45, 7) is 2.54. The zero-order valence-electron chi connectivity index (χ0n) is 11.1. The van der Waals surface area contributed by atoms with Crippen LogP contribution < -0.4 is 5.32 Å². The van der Waals surface area contributed by atoms with E-state index >= 15 is 0 Å².